The molecule has 1 saturated carbocycles. The highest BCUT2D eigenvalue weighted by molar-refractivity contribution is 7.91. The summed E-state index contributed by atoms with van der Waals surface area (Å²) in [5.74, 6) is -0.0954. The minimum absolute atomic E-state index is 0.0639. The van der Waals surface area contributed by atoms with Gasteiger partial charge in [-0.3, -0.25) is 4.79 Å². The van der Waals surface area contributed by atoms with Crippen molar-refractivity contribution in [1.29, 1.82) is 0 Å². The fraction of sp³-hybridized carbons (Fsp3) is 0.875. The summed E-state index contributed by atoms with van der Waals surface area (Å²) in [4.78, 5) is 11.5. The lowest BCUT2D eigenvalue weighted by Crippen LogP contribution is -2.53. The molecule has 0 aromatic carbocycles. The molecule has 2 fully saturated rings. The molecule has 0 spiro atoms. The molecule has 6 heteroatoms. The van der Waals surface area contributed by atoms with E-state index in [-0.39, 0.29) is 23.5 Å². The van der Waals surface area contributed by atoms with Crippen LogP contribution >= 0.6 is 0 Å². The minimum atomic E-state index is -3.02. The highest BCUT2D eigenvalue weighted by Gasteiger charge is 2.32. The zero-order valence-corrected chi connectivity index (χ0v) is 8.64. The molecular formula is C8H14N2O3S. The molecule has 0 radical (unpaired) electrons. The van der Waals surface area contributed by atoms with Crippen LogP contribution in [0.3, 0.4) is 0 Å². The van der Waals surface area contributed by atoms with Crippen LogP contribution in [0.1, 0.15) is 12.8 Å². The Hall–Kier alpha value is -0.620. The van der Waals surface area contributed by atoms with Crippen LogP contribution in [0.25, 0.3) is 0 Å². The zero-order valence-electron chi connectivity index (χ0n) is 7.82. The van der Waals surface area contributed by atoms with Crippen LogP contribution in [0.2, 0.25) is 0 Å². The van der Waals surface area contributed by atoms with Gasteiger partial charge in [-0.15, -0.1) is 0 Å². The standard InChI is InChI=1S/C8H14N2O3S/c11-8(10-6-1-2-6)7-5-14(12,13)4-3-9-7/h6-7,9H,1-5H2,(H,10,11). The monoisotopic (exact) mass is 218 g/mol. The van der Waals surface area contributed by atoms with Crippen LogP contribution in [0.15, 0.2) is 0 Å². The molecule has 1 heterocycles. The molecule has 0 bridgehead atoms. The van der Waals surface area contributed by atoms with Crippen molar-refractivity contribution in [1.82, 2.24) is 10.6 Å². The van der Waals surface area contributed by atoms with Crippen LogP contribution in [0.4, 0.5) is 0 Å². The highest BCUT2D eigenvalue weighted by Crippen LogP contribution is 2.18. The average molecular weight is 218 g/mol. The largest absolute Gasteiger partial charge is 0.352 e. The summed E-state index contributed by atoms with van der Waals surface area (Å²) in [6.45, 7) is 0.380. The van der Waals surface area contributed by atoms with E-state index < -0.39 is 15.9 Å². The van der Waals surface area contributed by atoms with Gasteiger partial charge in [0, 0.05) is 12.6 Å². The van der Waals surface area contributed by atoms with Gasteiger partial charge in [-0.05, 0) is 12.8 Å². The Kier molecular flexibility index (Phi) is 2.48. The summed E-state index contributed by atoms with van der Waals surface area (Å²) in [6, 6.07) is -0.261. The van der Waals surface area contributed by atoms with E-state index in [1.165, 1.54) is 0 Å². The molecule has 0 aromatic rings. The van der Waals surface area contributed by atoms with Gasteiger partial charge in [-0.25, -0.2) is 8.42 Å². The first-order chi connectivity index (χ1) is 6.57. The Morgan fingerprint density at radius 2 is 2.07 bits per heavy atom. The Balaban J connectivity index is 1.92. The maximum atomic E-state index is 11.5. The summed E-state index contributed by atoms with van der Waals surface area (Å²) in [6.07, 6.45) is 2.04. The predicted octanol–water partition coefficient (Wildman–Crippen LogP) is -1.35. The van der Waals surface area contributed by atoms with Crippen molar-refractivity contribution in [2.45, 2.75) is 24.9 Å². The number of nitrogens with one attached hydrogen (secondary N) is 2. The second kappa shape index (κ2) is 3.51. The molecule has 0 aromatic heterocycles. The van der Waals surface area contributed by atoms with Gasteiger partial charge in [0.1, 0.15) is 6.04 Å². The van der Waals surface area contributed by atoms with Crippen LogP contribution in [0, 0.1) is 0 Å². The number of carbonyl (C=O) groups excluding carboxylic acids is 1. The number of carbonyl (C=O) groups is 1. The van der Waals surface area contributed by atoms with Gasteiger partial charge in [0.15, 0.2) is 9.84 Å². The third kappa shape index (κ3) is 2.45. The predicted molar refractivity (Wildman–Crippen MR) is 51.6 cm³/mol. The van der Waals surface area contributed by atoms with Gasteiger partial charge in [0.25, 0.3) is 0 Å². The van der Waals surface area contributed by atoms with E-state index >= 15 is 0 Å². The van der Waals surface area contributed by atoms with Crippen LogP contribution in [-0.2, 0) is 14.6 Å². The first kappa shape index (κ1) is 9.92. The van der Waals surface area contributed by atoms with E-state index in [0.717, 1.165) is 12.8 Å². The molecule has 1 aliphatic heterocycles. The lowest BCUT2D eigenvalue weighted by Gasteiger charge is -2.22. The van der Waals surface area contributed by atoms with Crippen molar-refractivity contribution >= 4 is 15.7 Å². The number of sulfone groups is 1. The van der Waals surface area contributed by atoms with Crippen molar-refractivity contribution in [2.75, 3.05) is 18.1 Å². The molecule has 2 N–H and O–H groups in total. The Morgan fingerprint density at radius 1 is 1.36 bits per heavy atom. The molecule has 2 rings (SSSR count). The smallest absolute Gasteiger partial charge is 0.238 e. The van der Waals surface area contributed by atoms with E-state index in [2.05, 4.69) is 10.6 Å². The normalized spacial score (nSPS) is 31.0. The lowest BCUT2D eigenvalue weighted by molar-refractivity contribution is -0.122. The van der Waals surface area contributed by atoms with Gasteiger partial charge in [0.05, 0.1) is 11.5 Å². The Morgan fingerprint density at radius 3 is 2.64 bits per heavy atom. The van der Waals surface area contributed by atoms with Gasteiger partial charge in [0.2, 0.25) is 5.91 Å². The van der Waals surface area contributed by atoms with Gasteiger partial charge in [-0.1, -0.05) is 0 Å². The fourth-order valence-electron chi connectivity index (χ4n) is 1.48. The molecule has 1 amide bonds. The summed E-state index contributed by atoms with van der Waals surface area (Å²) in [5.41, 5.74) is 0. The van der Waals surface area contributed by atoms with Gasteiger partial charge in [-0.2, -0.15) is 0 Å². The van der Waals surface area contributed by atoms with E-state index in [1.807, 2.05) is 0 Å². The number of rotatable bonds is 2. The number of amides is 1. The van der Waals surface area contributed by atoms with E-state index in [0.29, 0.717) is 6.54 Å². The van der Waals surface area contributed by atoms with Crippen LogP contribution < -0.4 is 10.6 Å². The topological polar surface area (TPSA) is 75.3 Å². The van der Waals surface area contributed by atoms with Crippen molar-refractivity contribution in [3.63, 3.8) is 0 Å². The molecular weight excluding hydrogens is 204 g/mol. The third-order valence-electron chi connectivity index (χ3n) is 2.46. The van der Waals surface area contributed by atoms with E-state index in [1.54, 1.807) is 0 Å². The van der Waals surface area contributed by atoms with Crippen molar-refractivity contribution < 1.29 is 13.2 Å². The van der Waals surface area contributed by atoms with E-state index in [4.69, 9.17) is 0 Å². The molecule has 14 heavy (non-hydrogen) atoms. The zero-order chi connectivity index (χ0) is 10.2. The Bertz CT molecular complexity index is 334. The molecule has 1 saturated heterocycles. The molecule has 1 unspecified atom stereocenters. The first-order valence-corrected chi connectivity index (χ1v) is 6.63. The fourth-order valence-corrected chi connectivity index (χ4v) is 2.86. The quantitative estimate of drug-likeness (QED) is 0.601. The van der Waals surface area contributed by atoms with Gasteiger partial charge < -0.3 is 10.6 Å². The summed E-state index contributed by atoms with van der Waals surface area (Å²) < 4.78 is 22.5. The summed E-state index contributed by atoms with van der Waals surface area (Å²) in [5, 5.41) is 5.71. The summed E-state index contributed by atoms with van der Waals surface area (Å²) in [7, 11) is -3.02. The van der Waals surface area contributed by atoms with E-state index in [9.17, 15) is 13.2 Å². The van der Waals surface area contributed by atoms with Crippen molar-refractivity contribution in [3.8, 4) is 0 Å². The molecule has 1 aliphatic carbocycles. The second-order valence-electron chi connectivity index (χ2n) is 3.90. The minimum Gasteiger partial charge on any atom is -0.352 e. The van der Waals surface area contributed by atoms with Gasteiger partial charge >= 0.3 is 0 Å². The number of hydrogen-bond donors (Lipinski definition) is 2. The summed E-state index contributed by atoms with van der Waals surface area (Å²) >= 11 is 0. The average Bonchev–Trinajstić information content (AvgIpc) is 2.86. The van der Waals surface area contributed by atoms with Crippen molar-refractivity contribution in [2.24, 2.45) is 0 Å². The third-order valence-corrected chi connectivity index (χ3v) is 4.13. The first-order valence-electron chi connectivity index (χ1n) is 4.81. The lowest BCUT2D eigenvalue weighted by atomic mass is 10.3. The molecule has 2 aliphatic rings. The van der Waals surface area contributed by atoms with Crippen molar-refractivity contribution in [3.05, 3.63) is 0 Å². The molecule has 5 nitrogen and oxygen atoms in total. The Labute approximate surface area is 83.2 Å². The molecule has 80 valence electrons. The number of hydrogen-bond acceptors (Lipinski definition) is 4. The maximum Gasteiger partial charge on any atom is 0.238 e. The second-order valence-corrected chi connectivity index (χ2v) is 6.13. The van der Waals surface area contributed by atoms with Crippen LogP contribution in [0.5, 0.6) is 0 Å². The highest BCUT2D eigenvalue weighted by atomic mass is 32.2. The van der Waals surface area contributed by atoms with Crippen LogP contribution in [-0.4, -0.2) is 44.5 Å². The molecule has 1 atom stereocenters. The SMILES string of the molecule is O=C(NC1CC1)C1CS(=O)(=O)CCN1. The maximum absolute atomic E-state index is 11.5.